The van der Waals surface area contributed by atoms with E-state index in [4.69, 9.17) is 10.8 Å². The van der Waals surface area contributed by atoms with Crippen LogP contribution >= 0.6 is 11.8 Å². The van der Waals surface area contributed by atoms with Gasteiger partial charge in [0.1, 0.15) is 0 Å². The summed E-state index contributed by atoms with van der Waals surface area (Å²) in [5, 5.41) is 14.8. The number of hydrogen-bond donors (Lipinski definition) is 2. The Morgan fingerprint density at radius 3 is 2.62 bits per heavy atom. The van der Waals surface area contributed by atoms with Gasteiger partial charge in [-0.05, 0) is 30.4 Å². The van der Waals surface area contributed by atoms with Crippen molar-refractivity contribution in [2.45, 2.75) is 19.8 Å². The fourth-order valence-electron chi connectivity index (χ4n) is 0.948. The zero-order valence-electron chi connectivity index (χ0n) is 7.76. The van der Waals surface area contributed by atoms with Crippen molar-refractivity contribution < 1.29 is 0 Å². The summed E-state index contributed by atoms with van der Waals surface area (Å²) >= 11 is 1.76. The SMILES string of the molecule is CCCCSC1=CC(=N)C(=N)C=C1. The minimum absolute atomic E-state index is 0.305. The van der Waals surface area contributed by atoms with Gasteiger partial charge in [-0.15, -0.1) is 11.8 Å². The van der Waals surface area contributed by atoms with Crippen LogP contribution < -0.4 is 0 Å². The molecule has 0 radical (unpaired) electrons. The summed E-state index contributed by atoms with van der Waals surface area (Å²) in [6, 6.07) is 0. The molecule has 0 heterocycles. The van der Waals surface area contributed by atoms with Crippen LogP contribution in [0.3, 0.4) is 0 Å². The summed E-state index contributed by atoms with van der Waals surface area (Å²) in [4.78, 5) is 1.11. The van der Waals surface area contributed by atoms with Crippen molar-refractivity contribution in [2.24, 2.45) is 0 Å². The van der Waals surface area contributed by atoms with E-state index in [1.54, 1.807) is 23.9 Å². The number of nitrogens with one attached hydrogen (secondary N) is 2. The van der Waals surface area contributed by atoms with E-state index < -0.39 is 0 Å². The maximum atomic E-state index is 7.44. The van der Waals surface area contributed by atoms with Crippen LogP contribution in [0.2, 0.25) is 0 Å². The Bertz CT molecular complexity index is 277. The minimum atomic E-state index is 0.305. The van der Waals surface area contributed by atoms with Crippen LogP contribution in [0.5, 0.6) is 0 Å². The largest absolute Gasteiger partial charge is 0.299 e. The Labute approximate surface area is 83.1 Å². The van der Waals surface area contributed by atoms with Crippen molar-refractivity contribution >= 4 is 23.2 Å². The summed E-state index contributed by atoms with van der Waals surface area (Å²) in [5.74, 6) is 1.10. The van der Waals surface area contributed by atoms with E-state index in [0.29, 0.717) is 11.4 Å². The fourth-order valence-corrected chi connectivity index (χ4v) is 1.98. The lowest BCUT2D eigenvalue weighted by Crippen LogP contribution is -2.09. The zero-order chi connectivity index (χ0) is 9.68. The predicted molar refractivity (Wildman–Crippen MR) is 60.0 cm³/mol. The quantitative estimate of drug-likeness (QED) is 0.524. The van der Waals surface area contributed by atoms with Crippen molar-refractivity contribution in [1.82, 2.24) is 0 Å². The molecule has 3 heteroatoms. The lowest BCUT2D eigenvalue weighted by Gasteiger charge is -2.07. The third-order valence-electron chi connectivity index (χ3n) is 1.76. The molecule has 1 aliphatic rings. The van der Waals surface area contributed by atoms with Gasteiger partial charge < -0.3 is 0 Å². The highest BCUT2D eigenvalue weighted by Gasteiger charge is 2.06. The molecule has 1 aliphatic carbocycles. The Hall–Kier alpha value is -0.830. The third kappa shape index (κ3) is 3.19. The van der Waals surface area contributed by atoms with Gasteiger partial charge in [-0.2, -0.15) is 0 Å². The maximum absolute atomic E-state index is 7.44. The van der Waals surface area contributed by atoms with Gasteiger partial charge in [0.05, 0.1) is 11.4 Å². The normalized spacial score (nSPS) is 16.2. The minimum Gasteiger partial charge on any atom is -0.299 e. The van der Waals surface area contributed by atoms with Crippen LogP contribution in [0, 0.1) is 10.8 Å². The molecule has 0 amide bonds. The van der Waals surface area contributed by atoms with E-state index in [-0.39, 0.29) is 0 Å². The Morgan fingerprint density at radius 2 is 2.00 bits per heavy atom. The van der Waals surface area contributed by atoms with Gasteiger partial charge in [0.25, 0.3) is 0 Å². The van der Waals surface area contributed by atoms with Crippen LogP contribution in [-0.2, 0) is 0 Å². The van der Waals surface area contributed by atoms with Crippen LogP contribution in [0.15, 0.2) is 23.1 Å². The first-order valence-corrected chi connectivity index (χ1v) is 5.42. The number of allylic oxidation sites excluding steroid dienone is 3. The zero-order valence-corrected chi connectivity index (χ0v) is 8.58. The molecule has 0 aromatic carbocycles. The smallest absolute Gasteiger partial charge is 0.0800 e. The van der Waals surface area contributed by atoms with Crippen LogP contribution in [-0.4, -0.2) is 17.2 Å². The second kappa shape index (κ2) is 5.02. The van der Waals surface area contributed by atoms with Gasteiger partial charge in [0.2, 0.25) is 0 Å². The van der Waals surface area contributed by atoms with E-state index in [1.807, 2.05) is 6.08 Å². The lowest BCUT2D eigenvalue weighted by molar-refractivity contribution is 0.897. The highest BCUT2D eigenvalue weighted by molar-refractivity contribution is 8.03. The van der Waals surface area contributed by atoms with E-state index in [0.717, 1.165) is 10.7 Å². The van der Waals surface area contributed by atoms with Crippen LogP contribution in [0.25, 0.3) is 0 Å². The summed E-state index contributed by atoms with van der Waals surface area (Å²) in [7, 11) is 0. The molecule has 70 valence electrons. The van der Waals surface area contributed by atoms with E-state index >= 15 is 0 Å². The van der Waals surface area contributed by atoms with Gasteiger partial charge in [-0.25, -0.2) is 0 Å². The van der Waals surface area contributed by atoms with Gasteiger partial charge >= 0.3 is 0 Å². The fraction of sp³-hybridized carbons (Fsp3) is 0.400. The van der Waals surface area contributed by atoms with Crippen molar-refractivity contribution in [2.75, 3.05) is 5.75 Å². The number of hydrogen-bond acceptors (Lipinski definition) is 3. The first-order valence-electron chi connectivity index (χ1n) is 4.44. The molecule has 0 atom stereocenters. The molecular weight excluding hydrogens is 180 g/mol. The summed E-state index contributed by atoms with van der Waals surface area (Å²) in [6.45, 7) is 2.17. The van der Waals surface area contributed by atoms with Gasteiger partial charge in [-0.3, -0.25) is 10.8 Å². The molecule has 2 nitrogen and oxygen atoms in total. The van der Waals surface area contributed by atoms with E-state index in [9.17, 15) is 0 Å². The Morgan fingerprint density at radius 1 is 1.23 bits per heavy atom. The van der Waals surface area contributed by atoms with Crippen molar-refractivity contribution in [1.29, 1.82) is 10.8 Å². The number of rotatable bonds is 4. The molecule has 0 unspecified atom stereocenters. The Kier molecular flexibility index (Phi) is 3.96. The average molecular weight is 194 g/mol. The topological polar surface area (TPSA) is 47.7 Å². The first-order chi connectivity index (χ1) is 6.24. The van der Waals surface area contributed by atoms with E-state index in [1.165, 1.54) is 12.8 Å². The van der Waals surface area contributed by atoms with Gasteiger partial charge in [0, 0.05) is 4.91 Å². The lowest BCUT2D eigenvalue weighted by atomic mass is 10.1. The average Bonchev–Trinajstić information content (AvgIpc) is 2.12. The second-order valence-corrected chi connectivity index (χ2v) is 4.08. The molecular formula is C10H14N2S. The summed E-state index contributed by atoms with van der Waals surface area (Å²) < 4.78 is 0. The standard InChI is InChI=1S/C10H14N2S/c1-2-3-6-13-8-4-5-9(11)10(12)7-8/h4-5,7,11-12H,2-3,6H2,1H3. The predicted octanol–water partition coefficient (Wildman–Crippen LogP) is 3.01. The van der Waals surface area contributed by atoms with Gasteiger partial charge in [-0.1, -0.05) is 13.3 Å². The maximum Gasteiger partial charge on any atom is 0.0800 e. The number of thioether (sulfide) groups is 1. The molecule has 0 aromatic rings. The molecule has 0 saturated carbocycles. The molecule has 2 N–H and O–H groups in total. The molecule has 0 bridgehead atoms. The Balaban J connectivity index is 2.44. The van der Waals surface area contributed by atoms with Crippen molar-refractivity contribution in [3.63, 3.8) is 0 Å². The first kappa shape index (κ1) is 10.3. The van der Waals surface area contributed by atoms with Gasteiger partial charge in [0.15, 0.2) is 0 Å². The molecule has 13 heavy (non-hydrogen) atoms. The van der Waals surface area contributed by atoms with Crippen LogP contribution in [0.4, 0.5) is 0 Å². The summed E-state index contributed by atoms with van der Waals surface area (Å²) in [5.41, 5.74) is 0.626. The third-order valence-corrected chi connectivity index (χ3v) is 2.84. The molecule has 1 rings (SSSR count). The highest BCUT2D eigenvalue weighted by Crippen LogP contribution is 2.21. The van der Waals surface area contributed by atoms with Crippen molar-refractivity contribution in [3.05, 3.63) is 23.1 Å². The van der Waals surface area contributed by atoms with Crippen molar-refractivity contribution in [3.8, 4) is 0 Å². The molecule has 0 fully saturated rings. The summed E-state index contributed by atoms with van der Waals surface area (Å²) in [6.07, 6.45) is 7.79. The molecule has 0 spiro atoms. The van der Waals surface area contributed by atoms with Crippen LogP contribution in [0.1, 0.15) is 19.8 Å². The monoisotopic (exact) mass is 194 g/mol. The second-order valence-electron chi connectivity index (χ2n) is 2.91. The molecule has 0 aromatic heterocycles. The van der Waals surface area contributed by atoms with E-state index in [2.05, 4.69) is 6.92 Å². The highest BCUT2D eigenvalue weighted by atomic mass is 32.2. The molecule has 0 aliphatic heterocycles. The molecule has 0 saturated heterocycles. The number of unbranched alkanes of at least 4 members (excludes halogenated alkanes) is 1.